The fourth-order valence-corrected chi connectivity index (χ4v) is 2.56. The van der Waals surface area contributed by atoms with Gasteiger partial charge in [-0.15, -0.1) is 10.2 Å². The van der Waals surface area contributed by atoms with Crippen LogP contribution in [0.2, 0.25) is 0 Å². The summed E-state index contributed by atoms with van der Waals surface area (Å²) in [6, 6.07) is 13.1. The highest BCUT2D eigenvalue weighted by Gasteiger charge is 2.11. The maximum Gasteiger partial charge on any atom is 0.248 e. The molecule has 0 aliphatic carbocycles. The number of hydrogen-bond acceptors (Lipinski definition) is 6. The average Bonchev–Trinajstić information content (AvgIpc) is 3.16. The molecule has 0 radical (unpaired) electrons. The van der Waals surface area contributed by atoms with E-state index in [0.29, 0.717) is 23.0 Å². The molecule has 0 fully saturated rings. The van der Waals surface area contributed by atoms with Crippen molar-refractivity contribution in [3.05, 3.63) is 48.0 Å². The molecule has 0 saturated heterocycles. The summed E-state index contributed by atoms with van der Waals surface area (Å²) in [6.45, 7) is 2.05. The summed E-state index contributed by atoms with van der Waals surface area (Å²) in [7, 11) is 3.09. The van der Waals surface area contributed by atoms with Crippen molar-refractivity contribution < 1.29 is 14.3 Å². The summed E-state index contributed by atoms with van der Waals surface area (Å²) in [6.07, 6.45) is 0.969. The van der Waals surface area contributed by atoms with E-state index < -0.39 is 0 Å². The molecule has 0 atom stereocenters. The first-order valence-electron chi connectivity index (χ1n) is 8.52. The number of nitrogens with zero attached hydrogens (tertiary/aromatic N) is 4. The van der Waals surface area contributed by atoms with Crippen LogP contribution in [0.15, 0.2) is 42.5 Å². The van der Waals surface area contributed by atoms with Crippen LogP contribution in [0.5, 0.6) is 11.5 Å². The number of rotatable bonds is 7. The van der Waals surface area contributed by atoms with Gasteiger partial charge in [-0.05, 0) is 29.3 Å². The van der Waals surface area contributed by atoms with Crippen LogP contribution in [0, 0.1) is 0 Å². The summed E-state index contributed by atoms with van der Waals surface area (Å²) in [5.41, 5.74) is 2.69. The fraction of sp³-hybridized carbons (Fsp3) is 0.263. The first-order chi connectivity index (χ1) is 13.1. The molecule has 8 nitrogen and oxygen atoms in total. The second kappa shape index (κ2) is 8.31. The second-order valence-corrected chi connectivity index (χ2v) is 5.81. The van der Waals surface area contributed by atoms with Crippen LogP contribution in [-0.2, 0) is 17.8 Å². The predicted octanol–water partition coefficient (Wildman–Crippen LogP) is 2.56. The lowest BCUT2D eigenvalue weighted by Gasteiger charge is -2.10. The normalized spacial score (nSPS) is 10.5. The van der Waals surface area contributed by atoms with Gasteiger partial charge in [0.1, 0.15) is 6.54 Å². The Kier molecular flexibility index (Phi) is 5.65. The lowest BCUT2D eigenvalue weighted by molar-refractivity contribution is -0.117. The fourth-order valence-electron chi connectivity index (χ4n) is 2.56. The van der Waals surface area contributed by atoms with E-state index in [9.17, 15) is 4.79 Å². The van der Waals surface area contributed by atoms with E-state index in [2.05, 4.69) is 27.7 Å². The first kappa shape index (κ1) is 18.4. The summed E-state index contributed by atoms with van der Waals surface area (Å²) >= 11 is 0. The maximum absolute atomic E-state index is 12.3. The van der Waals surface area contributed by atoms with Gasteiger partial charge in [-0.25, -0.2) is 0 Å². The standard InChI is InChI=1S/C19H21N5O3/c1-4-13-5-7-14(8-6-13)19-21-23-24(22-19)12-18(25)20-15-9-10-16(26-2)17(11-15)27-3/h5-11H,4,12H2,1-3H3,(H,20,25). The number of tetrazole rings is 1. The Morgan fingerprint density at radius 1 is 1.07 bits per heavy atom. The van der Waals surface area contributed by atoms with Crippen molar-refractivity contribution in [2.24, 2.45) is 0 Å². The molecule has 1 N–H and O–H groups in total. The average molecular weight is 367 g/mol. The van der Waals surface area contributed by atoms with E-state index >= 15 is 0 Å². The van der Waals surface area contributed by atoms with E-state index in [1.54, 1.807) is 25.3 Å². The van der Waals surface area contributed by atoms with Gasteiger partial charge in [0, 0.05) is 17.3 Å². The molecule has 1 amide bonds. The third kappa shape index (κ3) is 4.41. The zero-order chi connectivity index (χ0) is 19.2. The minimum absolute atomic E-state index is 0.0472. The summed E-state index contributed by atoms with van der Waals surface area (Å²) < 4.78 is 10.4. The molecule has 3 rings (SSSR count). The van der Waals surface area contributed by atoms with Crippen molar-refractivity contribution in [1.29, 1.82) is 0 Å². The Labute approximate surface area is 157 Å². The van der Waals surface area contributed by atoms with Crippen molar-refractivity contribution in [2.45, 2.75) is 19.9 Å². The Morgan fingerprint density at radius 3 is 2.48 bits per heavy atom. The molecular weight excluding hydrogens is 346 g/mol. The van der Waals surface area contributed by atoms with Crippen LogP contribution < -0.4 is 14.8 Å². The van der Waals surface area contributed by atoms with Gasteiger partial charge in [-0.3, -0.25) is 4.79 Å². The molecule has 1 heterocycles. The van der Waals surface area contributed by atoms with Crippen molar-refractivity contribution in [2.75, 3.05) is 19.5 Å². The molecule has 3 aromatic rings. The molecule has 1 aromatic heterocycles. The molecule has 0 unspecified atom stereocenters. The first-order valence-corrected chi connectivity index (χ1v) is 8.52. The zero-order valence-corrected chi connectivity index (χ0v) is 15.5. The maximum atomic E-state index is 12.3. The van der Waals surface area contributed by atoms with Gasteiger partial charge in [0.2, 0.25) is 11.7 Å². The number of benzene rings is 2. The Bertz CT molecular complexity index is 921. The highest BCUT2D eigenvalue weighted by Crippen LogP contribution is 2.29. The molecule has 140 valence electrons. The zero-order valence-electron chi connectivity index (χ0n) is 15.5. The molecule has 0 aliphatic heterocycles. The van der Waals surface area contributed by atoms with E-state index in [0.717, 1.165) is 12.0 Å². The molecule has 2 aromatic carbocycles. The number of carbonyl (C=O) groups is 1. The monoisotopic (exact) mass is 367 g/mol. The van der Waals surface area contributed by atoms with Crippen LogP contribution >= 0.6 is 0 Å². The van der Waals surface area contributed by atoms with Crippen LogP contribution in [0.1, 0.15) is 12.5 Å². The Hall–Kier alpha value is -3.42. The minimum Gasteiger partial charge on any atom is -0.493 e. The number of amides is 1. The SMILES string of the molecule is CCc1ccc(-c2nnn(CC(=O)Nc3ccc(OC)c(OC)c3)n2)cc1. The van der Waals surface area contributed by atoms with Gasteiger partial charge in [-0.1, -0.05) is 31.2 Å². The Balaban J connectivity index is 1.65. The van der Waals surface area contributed by atoms with Gasteiger partial charge in [0.25, 0.3) is 0 Å². The molecule has 27 heavy (non-hydrogen) atoms. The Morgan fingerprint density at radius 2 is 1.81 bits per heavy atom. The third-order valence-electron chi connectivity index (χ3n) is 4.03. The molecule has 0 spiro atoms. The number of anilines is 1. The molecular formula is C19H21N5O3. The number of methoxy groups -OCH3 is 2. The highest BCUT2D eigenvalue weighted by molar-refractivity contribution is 5.90. The van der Waals surface area contributed by atoms with Gasteiger partial charge in [0.05, 0.1) is 14.2 Å². The number of nitrogens with one attached hydrogen (secondary N) is 1. The largest absolute Gasteiger partial charge is 0.493 e. The van der Waals surface area contributed by atoms with E-state index in [1.807, 2.05) is 24.3 Å². The van der Waals surface area contributed by atoms with Crippen molar-refractivity contribution >= 4 is 11.6 Å². The topological polar surface area (TPSA) is 91.2 Å². The smallest absolute Gasteiger partial charge is 0.248 e. The van der Waals surface area contributed by atoms with Crippen LogP contribution in [0.3, 0.4) is 0 Å². The minimum atomic E-state index is -0.271. The summed E-state index contributed by atoms with van der Waals surface area (Å²) in [5, 5.41) is 15.0. The molecule has 0 saturated carbocycles. The van der Waals surface area contributed by atoms with Gasteiger partial charge >= 0.3 is 0 Å². The lowest BCUT2D eigenvalue weighted by Crippen LogP contribution is -2.20. The number of ether oxygens (including phenoxy) is 2. The quantitative estimate of drug-likeness (QED) is 0.690. The van der Waals surface area contributed by atoms with Gasteiger partial charge in [-0.2, -0.15) is 4.80 Å². The number of carbonyl (C=O) groups excluding carboxylic acids is 1. The second-order valence-electron chi connectivity index (χ2n) is 5.81. The lowest BCUT2D eigenvalue weighted by atomic mass is 10.1. The number of hydrogen-bond donors (Lipinski definition) is 1. The van der Waals surface area contributed by atoms with E-state index in [1.165, 1.54) is 17.5 Å². The molecule has 0 aliphatic rings. The van der Waals surface area contributed by atoms with Gasteiger partial charge in [0.15, 0.2) is 11.5 Å². The predicted molar refractivity (Wildman–Crippen MR) is 101 cm³/mol. The highest BCUT2D eigenvalue weighted by atomic mass is 16.5. The number of aromatic nitrogens is 4. The van der Waals surface area contributed by atoms with E-state index in [-0.39, 0.29) is 12.5 Å². The van der Waals surface area contributed by atoms with Crippen molar-refractivity contribution in [3.63, 3.8) is 0 Å². The van der Waals surface area contributed by atoms with E-state index in [4.69, 9.17) is 9.47 Å². The molecule has 0 bridgehead atoms. The van der Waals surface area contributed by atoms with Crippen LogP contribution in [-0.4, -0.2) is 40.3 Å². The summed E-state index contributed by atoms with van der Waals surface area (Å²) in [5.74, 6) is 1.34. The molecule has 8 heteroatoms. The van der Waals surface area contributed by atoms with Gasteiger partial charge < -0.3 is 14.8 Å². The third-order valence-corrected chi connectivity index (χ3v) is 4.03. The van der Waals surface area contributed by atoms with Crippen molar-refractivity contribution in [3.8, 4) is 22.9 Å². The van der Waals surface area contributed by atoms with Crippen LogP contribution in [0.25, 0.3) is 11.4 Å². The number of aryl methyl sites for hydroxylation is 1. The van der Waals surface area contributed by atoms with Crippen molar-refractivity contribution in [1.82, 2.24) is 20.2 Å². The van der Waals surface area contributed by atoms with Crippen LogP contribution in [0.4, 0.5) is 5.69 Å². The summed E-state index contributed by atoms with van der Waals surface area (Å²) in [4.78, 5) is 13.5.